The van der Waals surface area contributed by atoms with Crippen molar-refractivity contribution in [3.05, 3.63) is 12.2 Å². The summed E-state index contributed by atoms with van der Waals surface area (Å²) in [5.41, 5.74) is 0.837. The van der Waals surface area contributed by atoms with Gasteiger partial charge in [-0.25, -0.2) is 0 Å². The largest absolute Gasteiger partial charge is 0.393 e. The van der Waals surface area contributed by atoms with Gasteiger partial charge in [-0.05, 0) is 91.8 Å². The highest BCUT2D eigenvalue weighted by atomic mass is 16.6. The van der Waals surface area contributed by atoms with Crippen LogP contribution in [0.25, 0.3) is 0 Å². The monoisotopic (exact) mass is 414 g/mol. The van der Waals surface area contributed by atoms with E-state index in [2.05, 4.69) is 53.7 Å². The Labute approximate surface area is 185 Å². The number of rotatable bonds is 4. The van der Waals surface area contributed by atoms with Gasteiger partial charge in [-0.2, -0.15) is 0 Å². The van der Waals surface area contributed by atoms with Gasteiger partial charge in [0.05, 0.1) is 12.2 Å². The predicted molar refractivity (Wildman–Crippen MR) is 123 cm³/mol. The standard InChI is InChI=1S/C28H46O2/c1-17(2)18(3)7-8-19(4)22-9-10-23-21-15-25-28(30-25)16-20(29)11-14-27(28,6)24(21)12-13-26(22,23)5/h7-8,17-25,29H,9-16H2,1-6H3/b8-7+/t18?,19-,20+,21?,22?,23?,24?,25?,26-,27-,28?/m1/s1. The van der Waals surface area contributed by atoms with Crippen molar-refractivity contribution in [2.75, 3.05) is 0 Å². The lowest BCUT2D eigenvalue weighted by molar-refractivity contribution is -0.115. The van der Waals surface area contributed by atoms with Crippen LogP contribution in [-0.2, 0) is 4.74 Å². The molecule has 5 fully saturated rings. The van der Waals surface area contributed by atoms with Crippen molar-refractivity contribution in [3.8, 4) is 0 Å². The molecule has 4 aliphatic carbocycles. The van der Waals surface area contributed by atoms with E-state index in [1.54, 1.807) is 0 Å². The number of hydrogen-bond donors (Lipinski definition) is 1. The second-order valence-electron chi connectivity index (χ2n) is 13.0. The maximum atomic E-state index is 10.4. The van der Waals surface area contributed by atoms with Gasteiger partial charge in [0.25, 0.3) is 0 Å². The topological polar surface area (TPSA) is 32.8 Å². The third-order valence-corrected chi connectivity index (χ3v) is 11.5. The van der Waals surface area contributed by atoms with Crippen LogP contribution in [-0.4, -0.2) is 22.9 Å². The van der Waals surface area contributed by atoms with Crippen molar-refractivity contribution in [3.63, 3.8) is 0 Å². The van der Waals surface area contributed by atoms with Gasteiger partial charge in [-0.1, -0.05) is 53.7 Å². The molecule has 1 spiro atoms. The molecule has 170 valence electrons. The summed E-state index contributed by atoms with van der Waals surface area (Å²) in [7, 11) is 0. The third kappa shape index (κ3) is 2.88. The van der Waals surface area contributed by atoms with Crippen molar-refractivity contribution in [1.29, 1.82) is 0 Å². The summed E-state index contributed by atoms with van der Waals surface area (Å²) in [6.07, 6.45) is 15.3. The molecule has 5 rings (SSSR count). The number of allylic oxidation sites excluding steroid dienone is 2. The first kappa shape index (κ1) is 21.5. The van der Waals surface area contributed by atoms with E-state index in [1.165, 1.54) is 38.5 Å². The average molecular weight is 415 g/mol. The number of hydrogen-bond acceptors (Lipinski definition) is 2. The minimum atomic E-state index is -0.134. The Kier molecular flexibility index (Phi) is 5.07. The van der Waals surface area contributed by atoms with Gasteiger partial charge < -0.3 is 9.84 Å². The molecule has 1 aliphatic heterocycles. The van der Waals surface area contributed by atoms with Gasteiger partial charge in [0.15, 0.2) is 0 Å². The van der Waals surface area contributed by atoms with Crippen molar-refractivity contribution in [1.82, 2.24) is 0 Å². The van der Waals surface area contributed by atoms with Crippen molar-refractivity contribution < 1.29 is 9.84 Å². The summed E-state index contributed by atoms with van der Waals surface area (Å²) in [4.78, 5) is 0. The number of ether oxygens (including phenoxy) is 1. The molecule has 1 N–H and O–H groups in total. The van der Waals surface area contributed by atoms with E-state index < -0.39 is 0 Å². The second kappa shape index (κ2) is 7.08. The molecule has 0 aromatic carbocycles. The molecule has 0 amide bonds. The van der Waals surface area contributed by atoms with E-state index in [9.17, 15) is 5.11 Å². The fraction of sp³-hybridized carbons (Fsp3) is 0.929. The third-order valence-electron chi connectivity index (χ3n) is 11.5. The molecule has 5 aliphatic rings. The minimum Gasteiger partial charge on any atom is -0.393 e. The Bertz CT molecular complexity index is 699. The van der Waals surface area contributed by atoms with Crippen LogP contribution in [0.5, 0.6) is 0 Å². The number of aliphatic hydroxyl groups is 1. The molecule has 0 aromatic rings. The lowest BCUT2D eigenvalue weighted by Crippen LogP contribution is -2.58. The smallest absolute Gasteiger partial charge is 0.103 e. The zero-order valence-corrected chi connectivity index (χ0v) is 20.4. The molecule has 11 atom stereocenters. The quantitative estimate of drug-likeness (QED) is 0.414. The fourth-order valence-electron chi connectivity index (χ4n) is 9.27. The number of epoxide rings is 1. The summed E-state index contributed by atoms with van der Waals surface area (Å²) in [6, 6.07) is 0. The average Bonchev–Trinajstić information content (AvgIpc) is 3.27. The first-order valence-corrected chi connectivity index (χ1v) is 13.2. The van der Waals surface area contributed by atoms with E-state index in [0.717, 1.165) is 42.4 Å². The molecule has 2 nitrogen and oxygen atoms in total. The van der Waals surface area contributed by atoms with Gasteiger partial charge >= 0.3 is 0 Å². The highest BCUT2D eigenvalue weighted by Gasteiger charge is 2.76. The zero-order valence-electron chi connectivity index (χ0n) is 20.4. The molecule has 0 bridgehead atoms. The van der Waals surface area contributed by atoms with Crippen LogP contribution in [0.2, 0.25) is 0 Å². The Balaban J connectivity index is 1.36. The highest BCUT2D eigenvalue weighted by molar-refractivity contribution is 5.24. The molecular weight excluding hydrogens is 368 g/mol. The van der Waals surface area contributed by atoms with Gasteiger partial charge in [0.1, 0.15) is 5.60 Å². The fourth-order valence-corrected chi connectivity index (χ4v) is 9.27. The maximum absolute atomic E-state index is 10.4. The molecule has 30 heavy (non-hydrogen) atoms. The van der Waals surface area contributed by atoms with Crippen LogP contribution >= 0.6 is 0 Å². The van der Waals surface area contributed by atoms with E-state index in [0.29, 0.717) is 28.8 Å². The first-order chi connectivity index (χ1) is 14.1. The Morgan fingerprint density at radius 3 is 2.43 bits per heavy atom. The summed E-state index contributed by atoms with van der Waals surface area (Å²) >= 11 is 0. The summed E-state index contributed by atoms with van der Waals surface area (Å²) in [6.45, 7) is 14.7. The van der Waals surface area contributed by atoms with Crippen LogP contribution in [0, 0.1) is 52.3 Å². The van der Waals surface area contributed by atoms with Crippen molar-refractivity contribution in [2.24, 2.45) is 52.3 Å². The Morgan fingerprint density at radius 2 is 1.70 bits per heavy atom. The second-order valence-corrected chi connectivity index (χ2v) is 13.0. The lowest BCUT2D eigenvalue weighted by atomic mass is 9.44. The predicted octanol–water partition coefficient (Wildman–Crippen LogP) is 6.62. The van der Waals surface area contributed by atoms with Gasteiger partial charge in [-0.3, -0.25) is 0 Å². The Hall–Kier alpha value is -0.340. The summed E-state index contributed by atoms with van der Waals surface area (Å²) in [5.74, 6) is 5.48. The molecule has 7 unspecified atom stereocenters. The number of fused-ring (bicyclic) bond motifs is 4. The molecule has 1 heterocycles. The van der Waals surface area contributed by atoms with E-state index in [1.807, 2.05) is 0 Å². The van der Waals surface area contributed by atoms with E-state index >= 15 is 0 Å². The molecule has 0 radical (unpaired) electrons. The lowest BCUT2D eigenvalue weighted by Gasteiger charge is -2.59. The van der Waals surface area contributed by atoms with Gasteiger partial charge in [-0.15, -0.1) is 0 Å². The van der Waals surface area contributed by atoms with E-state index in [-0.39, 0.29) is 11.7 Å². The van der Waals surface area contributed by atoms with Crippen LogP contribution in [0.4, 0.5) is 0 Å². The molecule has 1 saturated heterocycles. The molecule has 0 aromatic heterocycles. The van der Waals surface area contributed by atoms with Crippen LogP contribution in [0.1, 0.15) is 92.9 Å². The molecule has 2 heteroatoms. The number of aliphatic hydroxyl groups excluding tert-OH is 1. The Morgan fingerprint density at radius 1 is 0.933 bits per heavy atom. The maximum Gasteiger partial charge on any atom is 0.103 e. The van der Waals surface area contributed by atoms with Crippen molar-refractivity contribution in [2.45, 2.75) is 111 Å². The van der Waals surface area contributed by atoms with Crippen molar-refractivity contribution >= 4 is 0 Å². The van der Waals surface area contributed by atoms with E-state index in [4.69, 9.17) is 4.74 Å². The first-order valence-electron chi connectivity index (χ1n) is 13.2. The van der Waals surface area contributed by atoms with Crippen LogP contribution in [0.3, 0.4) is 0 Å². The van der Waals surface area contributed by atoms with Crippen LogP contribution in [0.15, 0.2) is 12.2 Å². The summed E-state index contributed by atoms with van der Waals surface area (Å²) in [5, 5.41) is 10.4. The van der Waals surface area contributed by atoms with Crippen LogP contribution < -0.4 is 0 Å². The SMILES string of the molecule is CC(C)C(C)/C=C/[C@@H](C)C1CCC2C3CC4OC45C[C@@H](O)CC[C@]5(C)C3CC[C@@]21C. The zero-order chi connectivity index (χ0) is 21.5. The minimum absolute atomic E-state index is 0.0284. The molecule has 4 saturated carbocycles. The van der Waals surface area contributed by atoms with Gasteiger partial charge in [0, 0.05) is 11.8 Å². The normalized spacial score (nSPS) is 54.3. The van der Waals surface area contributed by atoms with Gasteiger partial charge in [0.2, 0.25) is 0 Å². The summed E-state index contributed by atoms with van der Waals surface area (Å²) < 4.78 is 6.51. The highest BCUT2D eigenvalue weighted by Crippen LogP contribution is 2.74. The molecular formula is C28H46O2.